The van der Waals surface area contributed by atoms with Gasteiger partial charge in [-0.3, -0.25) is 4.79 Å². The lowest BCUT2D eigenvalue weighted by molar-refractivity contribution is -0.125. The lowest BCUT2D eigenvalue weighted by atomic mass is 9.83. The molecule has 0 bridgehead atoms. The number of benzene rings is 1. The predicted molar refractivity (Wildman–Crippen MR) is 70.8 cm³/mol. The molecule has 0 aromatic heterocycles. The molecule has 90 valence electrons. The number of carbonyl (C=O) groups excluding carboxylic acids is 1. The van der Waals surface area contributed by atoms with E-state index in [0.717, 1.165) is 11.1 Å². The number of hydrogen-bond donors (Lipinski definition) is 3. The van der Waals surface area contributed by atoms with E-state index in [0.29, 0.717) is 0 Å². The van der Waals surface area contributed by atoms with Gasteiger partial charge in [-0.25, -0.2) is 0 Å². The normalized spacial score (nSPS) is 24.2. The van der Waals surface area contributed by atoms with Crippen molar-refractivity contribution >= 4 is 24.5 Å². The molecule has 1 aliphatic carbocycles. The van der Waals surface area contributed by atoms with Gasteiger partial charge >= 0.3 is 0 Å². The molecule has 2 unspecified atom stereocenters. The van der Waals surface area contributed by atoms with Crippen LogP contribution in [0.15, 0.2) is 30.3 Å². The van der Waals surface area contributed by atoms with Gasteiger partial charge in [0.05, 0.1) is 18.1 Å². The van der Waals surface area contributed by atoms with Gasteiger partial charge in [0, 0.05) is 5.75 Å². The van der Waals surface area contributed by atoms with E-state index in [2.05, 4.69) is 12.6 Å². The average Bonchev–Trinajstić information content (AvgIpc) is 2.38. The number of nitrogens with two attached hydrogens (primary N) is 1. The molecule has 1 aromatic carbocycles. The van der Waals surface area contributed by atoms with E-state index in [4.69, 9.17) is 5.73 Å². The van der Waals surface area contributed by atoms with Crippen LogP contribution in [0.1, 0.15) is 17.2 Å². The summed E-state index contributed by atoms with van der Waals surface area (Å²) in [6.45, 7) is 0. The van der Waals surface area contributed by atoms with Crippen molar-refractivity contribution in [2.75, 3.05) is 5.75 Å². The van der Waals surface area contributed by atoms with Crippen LogP contribution in [0.5, 0.6) is 0 Å². The van der Waals surface area contributed by atoms with Crippen molar-refractivity contribution in [1.82, 2.24) is 0 Å². The molecule has 2 rings (SSSR count). The summed E-state index contributed by atoms with van der Waals surface area (Å²) >= 11 is 4.01. The molecule has 3 N–H and O–H groups in total. The molecular weight excluding hydrogens is 234 g/mol. The Balaban J connectivity index is 2.29. The molecule has 3 nitrogen and oxygen atoms in total. The molecule has 1 aliphatic rings. The standard InChI is InChI=1S/C13H15NO2S/c14-11(7-17)13(16)10-6-5-8-3-1-2-4-9(8)12(10)15/h1-6,10-12,15,17H,7,14H2/t10?,11-,12?/m0/s1. The molecule has 0 amide bonds. The van der Waals surface area contributed by atoms with Crippen LogP contribution in [0.4, 0.5) is 0 Å². The SMILES string of the molecule is N[C@@H](CS)C(=O)C1C=Cc2ccccc2C1O. The minimum atomic E-state index is -0.811. The second kappa shape index (κ2) is 5.04. The first-order valence-corrected chi connectivity index (χ1v) is 6.13. The van der Waals surface area contributed by atoms with Gasteiger partial charge in [-0.2, -0.15) is 12.6 Å². The van der Waals surface area contributed by atoms with Crippen LogP contribution in [0.2, 0.25) is 0 Å². The lowest BCUT2D eigenvalue weighted by Crippen LogP contribution is -2.39. The second-order valence-corrected chi connectivity index (χ2v) is 4.52. The van der Waals surface area contributed by atoms with E-state index in [1.165, 1.54) is 0 Å². The number of ketones is 1. The van der Waals surface area contributed by atoms with E-state index in [1.807, 2.05) is 30.3 Å². The molecule has 0 saturated carbocycles. The molecule has 1 aromatic rings. The van der Waals surface area contributed by atoms with Crippen molar-refractivity contribution in [2.45, 2.75) is 12.1 Å². The number of Topliss-reactive ketones (excluding diaryl/α,β-unsaturated/α-hetero) is 1. The van der Waals surface area contributed by atoms with E-state index in [9.17, 15) is 9.90 Å². The third kappa shape index (κ3) is 2.29. The van der Waals surface area contributed by atoms with Crippen molar-refractivity contribution < 1.29 is 9.90 Å². The summed E-state index contributed by atoms with van der Waals surface area (Å²) in [6.07, 6.45) is 2.77. The number of rotatable bonds is 3. The summed E-state index contributed by atoms with van der Waals surface area (Å²) in [5, 5.41) is 10.2. The van der Waals surface area contributed by atoms with E-state index in [-0.39, 0.29) is 11.5 Å². The predicted octanol–water partition coefficient (Wildman–Crippen LogP) is 1.19. The Bertz CT molecular complexity index is 458. The highest BCUT2D eigenvalue weighted by atomic mass is 32.1. The van der Waals surface area contributed by atoms with Gasteiger partial charge in [-0.15, -0.1) is 0 Å². The van der Waals surface area contributed by atoms with Gasteiger partial charge in [0.2, 0.25) is 0 Å². The van der Waals surface area contributed by atoms with Crippen LogP contribution in [0.3, 0.4) is 0 Å². The Morgan fingerprint density at radius 1 is 1.47 bits per heavy atom. The number of aliphatic hydroxyl groups excluding tert-OH is 1. The zero-order chi connectivity index (χ0) is 12.4. The van der Waals surface area contributed by atoms with E-state index >= 15 is 0 Å². The highest BCUT2D eigenvalue weighted by Crippen LogP contribution is 2.32. The minimum absolute atomic E-state index is 0.168. The first kappa shape index (κ1) is 12.4. The van der Waals surface area contributed by atoms with Crippen molar-refractivity contribution in [3.05, 3.63) is 41.5 Å². The van der Waals surface area contributed by atoms with Crippen LogP contribution in [-0.4, -0.2) is 22.7 Å². The quantitative estimate of drug-likeness (QED) is 0.705. The molecule has 0 radical (unpaired) electrons. The molecule has 0 heterocycles. The van der Waals surface area contributed by atoms with Crippen molar-refractivity contribution in [1.29, 1.82) is 0 Å². The van der Waals surface area contributed by atoms with Crippen molar-refractivity contribution in [3.8, 4) is 0 Å². The molecule has 0 aliphatic heterocycles. The first-order valence-electron chi connectivity index (χ1n) is 5.50. The lowest BCUT2D eigenvalue weighted by Gasteiger charge is -2.26. The zero-order valence-electron chi connectivity index (χ0n) is 9.28. The third-order valence-electron chi connectivity index (χ3n) is 3.03. The Morgan fingerprint density at radius 3 is 2.88 bits per heavy atom. The van der Waals surface area contributed by atoms with Crippen LogP contribution in [0.25, 0.3) is 6.08 Å². The first-order chi connectivity index (χ1) is 8.15. The van der Waals surface area contributed by atoms with Crippen LogP contribution in [0, 0.1) is 5.92 Å². The monoisotopic (exact) mass is 249 g/mol. The van der Waals surface area contributed by atoms with Gasteiger partial charge < -0.3 is 10.8 Å². The fourth-order valence-electron chi connectivity index (χ4n) is 2.03. The number of aliphatic hydroxyl groups is 1. The highest BCUT2D eigenvalue weighted by Gasteiger charge is 2.31. The summed E-state index contributed by atoms with van der Waals surface area (Å²) in [5.41, 5.74) is 7.38. The van der Waals surface area contributed by atoms with Crippen molar-refractivity contribution in [3.63, 3.8) is 0 Å². The summed E-state index contributed by atoms with van der Waals surface area (Å²) in [4.78, 5) is 12.0. The van der Waals surface area contributed by atoms with Gasteiger partial charge in [-0.1, -0.05) is 36.4 Å². The maximum absolute atomic E-state index is 12.0. The van der Waals surface area contributed by atoms with Gasteiger partial charge in [0.1, 0.15) is 0 Å². The van der Waals surface area contributed by atoms with Crippen LogP contribution < -0.4 is 5.73 Å². The van der Waals surface area contributed by atoms with Crippen molar-refractivity contribution in [2.24, 2.45) is 11.7 Å². The topological polar surface area (TPSA) is 63.3 Å². The number of carbonyl (C=O) groups is 1. The molecule has 0 fully saturated rings. The smallest absolute Gasteiger partial charge is 0.160 e. The summed E-state index contributed by atoms with van der Waals surface area (Å²) in [7, 11) is 0. The second-order valence-electron chi connectivity index (χ2n) is 4.15. The van der Waals surface area contributed by atoms with Gasteiger partial charge in [-0.05, 0) is 11.1 Å². The summed E-state index contributed by atoms with van der Waals surface area (Å²) in [5.74, 6) is -0.442. The third-order valence-corrected chi connectivity index (χ3v) is 3.42. The number of hydrogen-bond acceptors (Lipinski definition) is 4. The Labute approximate surface area is 106 Å². The molecule has 17 heavy (non-hydrogen) atoms. The Hall–Kier alpha value is -1.10. The highest BCUT2D eigenvalue weighted by molar-refractivity contribution is 7.80. The van der Waals surface area contributed by atoms with Crippen LogP contribution in [-0.2, 0) is 4.79 Å². The molecule has 4 heteroatoms. The maximum Gasteiger partial charge on any atom is 0.160 e. The molecule has 0 spiro atoms. The molecule has 0 saturated heterocycles. The number of fused-ring (bicyclic) bond motifs is 1. The Morgan fingerprint density at radius 2 is 2.18 bits per heavy atom. The van der Waals surface area contributed by atoms with Crippen LogP contribution >= 0.6 is 12.6 Å². The van der Waals surface area contributed by atoms with E-state index < -0.39 is 18.1 Å². The fraction of sp³-hybridized carbons (Fsp3) is 0.308. The Kier molecular flexibility index (Phi) is 3.66. The van der Waals surface area contributed by atoms with Gasteiger partial charge in [0.25, 0.3) is 0 Å². The zero-order valence-corrected chi connectivity index (χ0v) is 10.2. The maximum atomic E-state index is 12.0. The summed E-state index contributed by atoms with van der Waals surface area (Å²) in [6, 6.07) is 6.86. The summed E-state index contributed by atoms with van der Waals surface area (Å²) < 4.78 is 0. The minimum Gasteiger partial charge on any atom is -0.387 e. The number of thiol groups is 1. The molecule has 3 atom stereocenters. The fourth-order valence-corrected chi connectivity index (χ4v) is 2.21. The van der Waals surface area contributed by atoms with Gasteiger partial charge in [0.15, 0.2) is 5.78 Å². The average molecular weight is 249 g/mol. The van der Waals surface area contributed by atoms with E-state index in [1.54, 1.807) is 6.08 Å². The largest absolute Gasteiger partial charge is 0.387 e. The molecular formula is C13H15NO2S.